The first kappa shape index (κ1) is 18.4. The average Bonchev–Trinajstić information content (AvgIpc) is 2.62. The molecule has 0 saturated carbocycles. The molecule has 2 aromatic carbocycles. The summed E-state index contributed by atoms with van der Waals surface area (Å²) in [6.45, 7) is 2.39. The summed E-state index contributed by atoms with van der Waals surface area (Å²) in [6.07, 6.45) is 1.76. The maximum absolute atomic E-state index is 13.4. The quantitative estimate of drug-likeness (QED) is 0.607. The van der Waals surface area contributed by atoms with E-state index < -0.39 is 17.7 Å². The van der Waals surface area contributed by atoms with Crippen molar-refractivity contribution in [3.8, 4) is 5.75 Å². The lowest BCUT2D eigenvalue weighted by molar-refractivity contribution is 0.0499. The fraction of sp³-hybridized carbons (Fsp3) is 0.263. The highest BCUT2D eigenvalue weighted by atomic mass is 19.1. The van der Waals surface area contributed by atoms with E-state index in [1.54, 1.807) is 24.3 Å². The summed E-state index contributed by atoms with van der Waals surface area (Å²) < 4.78 is 23.6. The van der Waals surface area contributed by atoms with Crippen molar-refractivity contribution in [3.63, 3.8) is 0 Å². The second kappa shape index (κ2) is 8.82. The van der Waals surface area contributed by atoms with Gasteiger partial charge in [-0.05, 0) is 48.9 Å². The first-order valence-electron chi connectivity index (χ1n) is 7.97. The van der Waals surface area contributed by atoms with Gasteiger partial charge in [0.1, 0.15) is 11.6 Å². The molecule has 0 radical (unpaired) electrons. The second-order valence-electron chi connectivity index (χ2n) is 5.37. The number of unbranched alkanes of at least 4 members (excludes halogenated alkanes) is 1. The number of methoxy groups -OCH3 is 1. The molecule has 25 heavy (non-hydrogen) atoms. The standard InChI is InChI=1S/C19H20FNO4/c1-3-4-11-25-19(23)13-5-8-15(9-6-13)21-18(22)16-12-14(20)7-10-17(16)24-2/h5-10,12H,3-4,11H2,1-2H3,(H,21,22). The van der Waals surface area contributed by atoms with Crippen LogP contribution in [0.15, 0.2) is 42.5 Å². The minimum atomic E-state index is -0.531. The van der Waals surface area contributed by atoms with Crippen LogP contribution in [0.2, 0.25) is 0 Å². The summed E-state index contributed by atoms with van der Waals surface area (Å²) in [5.41, 5.74) is 0.962. The average molecular weight is 345 g/mol. The number of amides is 1. The Labute approximate surface area is 145 Å². The number of nitrogens with one attached hydrogen (secondary N) is 1. The summed E-state index contributed by atoms with van der Waals surface area (Å²) in [5, 5.41) is 2.64. The van der Waals surface area contributed by atoms with E-state index >= 15 is 0 Å². The van der Waals surface area contributed by atoms with E-state index in [-0.39, 0.29) is 11.3 Å². The Balaban J connectivity index is 2.05. The van der Waals surface area contributed by atoms with Gasteiger partial charge in [0.05, 0.1) is 24.8 Å². The van der Waals surface area contributed by atoms with Gasteiger partial charge in [0, 0.05) is 5.69 Å². The van der Waals surface area contributed by atoms with E-state index in [0.29, 0.717) is 17.9 Å². The molecular formula is C19H20FNO4. The number of hydrogen-bond acceptors (Lipinski definition) is 4. The third-order valence-electron chi connectivity index (χ3n) is 3.52. The molecule has 0 atom stereocenters. The van der Waals surface area contributed by atoms with Gasteiger partial charge in [-0.3, -0.25) is 4.79 Å². The van der Waals surface area contributed by atoms with Crippen LogP contribution in [-0.4, -0.2) is 25.6 Å². The van der Waals surface area contributed by atoms with Crippen LogP contribution in [0.25, 0.3) is 0 Å². The number of carbonyl (C=O) groups is 2. The predicted molar refractivity (Wildman–Crippen MR) is 92.5 cm³/mol. The van der Waals surface area contributed by atoms with Crippen LogP contribution in [-0.2, 0) is 4.74 Å². The third-order valence-corrected chi connectivity index (χ3v) is 3.52. The zero-order valence-electron chi connectivity index (χ0n) is 14.2. The number of anilines is 1. The van der Waals surface area contributed by atoms with Crippen LogP contribution < -0.4 is 10.1 Å². The van der Waals surface area contributed by atoms with E-state index in [2.05, 4.69) is 5.32 Å². The van der Waals surface area contributed by atoms with Crippen molar-refractivity contribution in [2.75, 3.05) is 19.0 Å². The molecule has 1 amide bonds. The number of carbonyl (C=O) groups excluding carboxylic acids is 2. The van der Waals surface area contributed by atoms with Crippen LogP contribution in [0.3, 0.4) is 0 Å². The zero-order chi connectivity index (χ0) is 18.2. The van der Waals surface area contributed by atoms with E-state index in [1.165, 1.54) is 19.2 Å². The van der Waals surface area contributed by atoms with Gasteiger partial charge in [0.2, 0.25) is 0 Å². The van der Waals surface area contributed by atoms with Gasteiger partial charge < -0.3 is 14.8 Å². The lowest BCUT2D eigenvalue weighted by Crippen LogP contribution is -2.14. The topological polar surface area (TPSA) is 64.6 Å². The van der Waals surface area contributed by atoms with Gasteiger partial charge in [0.15, 0.2) is 0 Å². The summed E-state index contributed by atoms with van der Waals surface area (Å²) >= 11 is 0. The van der Waals surface area contributed by atoms with Crippen LogP contribution in [0.1, 0.15) is 40.5 Å². The fourth-order valence-corrected chi connectivity index (χ4v) is 2.14. The normalized spacial score (nSPS) is 10.2. The molecule has 0 aliphatic rings. The monoisotopic (exact) mass is 345 g/mol. The highest BCUT2D eigenvalue weighted by molar-refractivity contribution is 6.06. The van der Waals surface area contributed by atoms with Gasteiger partial charge in [-0.15, -0.1) is 0 Å². The molecule has 0 aliphatic carbocycles. The van der Waals surface area contributed by atoms with Gasteiger partial charge in [-0.25, -0.2) is 9.18 Å². The number of esters is 1. The van der Waals surface area contributed by atoms with E-state index in [0.717, 1.165) is 18.9 Å². The van der Waals surface area contributed by atoms with Crippen molar-refractivity contribution in [3.05, 3.63) is 59.4 Å². The first-order valence-corrected chi connectivity index (χ1v) is 7.97. The summed E-state index contributed by atoms with van der Waals surface area (Å²) in [5.74, 6) is -1.17. The number of halogens is 1. The first-order chi connectivity index (χ1) is 12.0. The van der Waals surface area contributed by atoms with Crippen molar-refractivity contribution < 1.29 is 23.5 Å². The molecule has 1 N–H and O–H groups in total. The molecule has 6 heteroatoms. The molecule has 0 unspecified atom stereocenters. The molecule has 0 bridgehead atoms. The molecule has 0 saturated heterocycles. The van der Waals surface area contributed by atoms with Crippen LogP contribution in [0, 0.1) is 5.82 Å². The minimum absolute atomic E-state index is 0.0885. The lowest BCUT2D eigenvalue weighted by atomic mass is 10.1. The Bertz CT molecular complexity index is 744. The number of hydrogen-bond donors (Lipinski definition) is 1. The summed E-state index contributed by atoms with van der Waals surface area (Å²) in [6, 6.07) is 10.0. The number of benzene rings is 2. The van der Waals surface area contributed by atoms with Crippen molar-refractivity contribution >= 4 is 17.6 Å². The van der Waals surface area contributed by atoms with E-state index in [1.807, 2.05) is 6.92 Å². The van der Waals surface area contributed by atoms with Gasteiger partial charge in [0.25, 0.3) is 5.91 Å². The summed E-state index contributed by atoms with van der Waals surface area (Å²) in [7, 11) is 1.41. The fourth-order valence-electron chi connectivity index (χ4n) is 2.14. The van der Waals surface area contributed by atoms with Gasteiger partial charge in [-0.2, -0.15) is 0 Å². The maximum Gasteiger partial charge on any atom is 0.338 e. The van der Waals surface area contributed by atoms with E-state index in [9.17, 15) is 14.0 Å². The molecule has 0 aliphatic heterocycles. The highest BCUT2D eigenvalue weighted by Crippen LogP contribution is 2.21. The number of rotatable bonds is 7. The Morgan fingerprint density at radius 1 is 1.12 bits per heavy atom. The van der Waals surface area contributed by atoms with Gasteiger partial charge >= 0.3 is 5.97 Å². The molecule has 132 valence electrons. The van der Waals surface area contributed by atoms with Crippen LogP contribution in [0.4, 0.5) is 10.1 Å². The largest absolute Gasteiger partial charge is 0.496 e. The zero-order valence-corrected chi connectivity index (χ0v) is 14.2. The number of ether oxygens (including phenoxy) is 2. The summed E-state index contributed by atoms with van der Waals surface area (Å²) in [4.78, 5) is 24.1. The SMILES string of the molecule is CCCCOC(=O)c1ccc(NC(=O)c2cc(F)ccc2OC)cc1. The third kappa shape index (κ3) is 5.04. The maximum atomic E-state index is 13.4. The molecule has 0 fully saturated rings. The van der Waals surface area contributed by atoms with E-state index in [4.69, 9.17) is 9.47 Å². The molecule has 0 heterocycles. The lowest BCUT2D eigenvalue weighted by Gasteiger charge is -2.10. The van der Waals surface area contributed by atoms with Crippen molar-refractivity contribution in [2.24, 2.45) is 0 Å². The predicted octanol–water partition coefficient (Wildman–Crippen LogP) is 4.04. The molecule has 2 rings (SSSR count). The van der Waals surface area contributed by atoms with Gasteiger partial charge in [-0.1, -0.05) is 13.3 Å². The molecule has 5 nitrogen and oxygen atoms in total. The molecule has 0 aromatic heterocycles. The van der Waals surface area contributed by atoms with Crippen molar-refractivity contribution in [1.29, 1.82) is 0 Å². The van der Waals surface area contributed by atoms with Crippen LogP contribution >= 0.6 is 0 Å². The smallest absolute Gasteiger partial charge is 0.338 e. The second-order valence-corrected chi connectivity index (χ2v) is 5.37. The highest BCUT2D eigenvalue weighted by Gasteiger charge is 2.14. The minimum Gasteiger partial charge on any atom is -0.496 e. The van der Waals surface area contributed by atoms with Crippen molar-refractivity contribution in [1.82, 2.24) is 0 Å². The Morgan fingerprint density at radius 2 is 1.84 bits per heavy atom. The molecule has 2 aromatic rings. The Morgan fingerprint density at radius 3 is 2.48 bits per heavy atom. The molecule has 0 spiro atoms. The van der Waals surface area contributed by atoms with Crippen molar-refractivity contribution in [2.45, 2.75) is 19.8 Å². The Kier molecular flexibility index (Phi) is 6.51. The Hall–Kier alpha value is -2.89. The molecular weight excluding hydrogens is 325 g/mol. The van der Waals surface area contributed by atoms with Crippen LogP contribution in [0.5, 0.6) is 5.75 Å².